The normalized spacial score (nSPS) is 10.8. The van der Waals surface area contributed by atoms with E-state index in [9.17, 15) is 0 Å². The Bertz CT molecular complexity index is 714. The van der Waals surface area contributed by atoms with Crippen molar-refractivity contribution >= 4 is 34.2 Å². The Morgan fingerprint density at radius 2 is 2.00 bits per heavy atom. The molecule has 0 amide bonds. The number of nitrogens with zero attached hydrogens (tertiary/aromatic N) is 4. The molecular formula is C10H5Cl2N5O. The summed E-state index contributed by atoms with van der Waals surface area (Å²) in [6.45, 7) is 0. The second kappa shape index (κ2) is 4.40. The number of aromatic nitrogens is 5. The Morgan fingerprint density at radius 3 is 2.83 bits per heavy atom. The molecule has 3 heterocycles. The van der Waals surface area contributed by atoms with Gasteiger partial charge in [0.2, 0.25) is 11.2 Å². The molecule has 0 bridgehead atoms. The zero-order chi connectivity index (χ0) is 12.5. The molecule has 0 radical (unpaired) electrons. The minimum Gasteiger partial charge on any atom is -0.436 e. The predicted molar refractivity (Wildman–Crippen MR) is 66.0 cm³/mol. The van der Waals surface area contributed by atoms with E-state index in [0.29, 0.717) is 27.7 Å². The van der Waals surface area contributed by atoms with Gasteiger partial charge in [0.1, 0.15) is 11.1 Å². The lowest BCUT2D eigenvalue weighted by molar-refractivity contribution is 0.466. The summed E-state index contributed by atoms with van der Waals surface area (Å²) in [5, 5.41) is 7.70. The van der Waals surface area contributed by atoms with Crippen molar-refractivity contribution in [2.45, 2.75) is 0 Å². The molecule has 18 heavy (non-hydrogen) atoms. The van der Waals surface area contributed by atoms with Crippen molar-refractivity contribution in [2.24, 2.45) is 0 Å². The highest BCUT2D eigenvalue weighted by atomic mass is 35.5. The monoisotopic (exact) mass is 281 g/mol. The number of hydrogen-bond acceptors (Lipinski definition) is 5. The number of halogens is 2. The lowest BCUT2D eigenvalue weighted by atomic mass is 10.4. The lowest BCUT2D eigenvalue weighted by Crippen LogP contribution is -1.92. The smallest absolute Gasteiger partial charge is 0.234 e. The molecule has 0 aliphatic carbocycles. The van der Waals surface area contributed by atoms with Gasteiger partial charge in [0.25, 0.3) is 0 Å². The number of ether oxygens (including phenoxy) is 1. The molecule has 0 saturated carbocycles. The van der Waals surface area contributed by atoms with Crippen molar-refractivity contribution in [1.29, 1.82) is 0 Å². The molecule has 0 aliphatic heterocycles. The van der Waals surface area contributed by atoms with Crippen LogP contribution in [0.25, 0.3) is 11.0 Å². The molecule has 0 spiro atoms. The van der Waals surface area contributed by atoms with E-state index in [1.165, 1.54) is 12.4 Å². The van der Waals surface area contributed by atoms with Crippen LogP contribution in [-0.4, -0.2) is 25.1 Å². The quantitative estimate of drug-likeness (QED) is 0.731. The van der Waals surface area contributed by atoms with Crippen molar-refractivity contribution < 1.29 is 4.74 Å². The molecule has 90 valence electrons. The van der Waals surface area contributed by atoms with E-state index >= 15 is 0 Å². The zero-order valence-corrected chi connectivity index (χ0v) is 10.3. The first-order valence-corrected chi connectivity index (χ1v) is 5.63. The molecule has 8 heteroatoms. The van der Waals surface area contributed by atoms with Crippen molar-refractivity contribution in [3.63, 3.8) is 0 Å². The molecule has 0 atom stereocenters. The van der Waals surface area contributed by atoms with Crippen LogP contribution in [0.5, 0.6) is 11.6 Å². The molecule has 3 aromatic rings. The molecule has 1 N–H and O–H groups in total. The van der Waals surface area contributed by atoms with E-state index in [-0.39, 0.29) is 5.28 Å². The van der Waals surface area contributed by atoms with Crippen LogP contribution in [-0.2, 0) is 0 Å². The van der Waals surface area contributed by atoms with E-state index in [1.54, 1.807) is 12.3 Å². The third-order valence-corrected chi connectivity index (χ3v) is 2.52. The van der Waals surface area contributed by atoms with Crippen LogP contribution in [0.15, 0.2) is 24.7 Å². The van der Waals surface area contributed by atoms with Crippen LogP contribution in [0.4, 0.5) is 0 Å². The number of nitrogens with one attached hydrogen (secondary N) is 1. The second-order valence-corrected chi connectivity index (χ2v) is 4.15. The number of pyridine rings is 1. The lowest BCUT2D eigenvalue weighted by Gasteiger charge is -2.05. The summed E-state index contributed by atoms with van der Waals surface area (Å²) in [7, 11) is 0. The van der Waals surface area contributed by atoms with Crippen LogP contribution in [0.3, 0.4) is 0 Å². The topological polar surface area (TPSA) is 76.6 Å². The average molecular weight is 282 g/mol. The summed E-state index contributed by atoms with van der Waals surface area (Å²) < 4.78 is 5.57. The Morgan fingerprint density at radius 1 is 1.11 bits per heavy atom. The first kappa shape index (κ1) is 11.2. The van der Waals surface area contributed by atoms with Crippen molar-refractivity contribution in [2.75, 3.05) is 0 Å². The highest BCUT2D eigenvalue weighted by Crippen LogP contribution is 2.27. The third-order valence-electron chi connectivity index (χ3n) is 2.14. The molecule has 3 rings (SSSR count). The first-order valence-electron chi connectivity index (χ1n) is 4.87. The standard InChI is InChI=1S/C10H5Cl2N5O/c11-5-1-6(3-13-2-5)18-9-7-4-14-17-8(7)15-10(12)16-9/h1-4H,(H,14,15,16,17). The van der Waals surface area contributed by atoms with Gasteiger partial charge in [0.05, 0.1) is 17.4 Å². The van der Waals surface area contributed by atoms with Gasteiger partial charge in [-0.15, -0.1) is 0 Å². The fourth-order valence-electron chi connectivity index (χ4n) is 1.42. The van der Waals surface area contributed by atoms with Gasteiger partial charge in [0, 0.05) is 12.3 Å². The Kier molecular flexibility index (Phi) is 2.73. The third kappa shape index (κ3) is 2.07. The van der Waals surface area contributed by atoms with E-state index in [2.05, 4.69) is 25.1 Å². The van der Waals surface area contributed by atoms with Crippen LogP contribution in [0.2, 0.25) is 10.3 Å². The van der Waals surface area contributed by atoms with Crippen LogP contribution in [0.1, 0.15) is 0 Å². The summed E-state index contributed by atoms with van der Waals surface area (Å²) >= 11 is 11.6. The maximum Gasteiger partial charge on any atom is 0.234 e. The van der Waals surface area contributed by atoms with Crippen molar-refractivity contribution in [3.05, 3.63) is 35.0 Å². The summed E-state index contributed by atoms with van der Waals surface area (Å²) in [5.41, 5.74) is 0.500. The maximum atomic E-state index is 5.82. The molecule has 0 aromatic carbocycles. The van der Waals surface area contributed by atoms with Gasteiger partial charge in [-0.1, -0.05) is 11.6 Å². The summed E-state index contributed by atoms with van der Waals surface area (Å²) in [5.74, 6) is 0.752. The number of rotatable bonds is 2. The number of H-pyrrole nitrogens is 1. The Labute approximate surface area is 111 Å². The van der Waals surface area contributed by atoms with Crippen LogP contribution >= 0.6 is 23.2 Å². The summed E-state index contributed by atoms with van der Waals surface area (Å²) in [6.07, 6.45) is 4.58. The number of fused-ring (bicyclic) bond motifs is 1. The molecule has 0 unspecified atom stereocenters. The van der Waals surface area contributed by atoms with Crippen LogP contribution < -0.4 is 4.74 Å². The van der Waals surface area contributed by atoms with E-state index in [4.69, 9.17) is 27.9 Å². The number of aromatic amines is 1. The summed E-state index contributed by atoms with van der Waals surface area (Å²) in [6, 6.07) is 1.62. The van der Waals surface area contributed by atoms with Gasteiger partial charge in [-0.05, 0) is 11.6 Å². The highest BCUT2D eigenvalue weighted by molar-refractivity contribution is 6.30. The average Bonchev–Trinajstić information content (AvgIpc) is 2.77. The fourth-order valence-corrected chi connectivity index (χ4v) is 1.75. The second-order valence-electron chi connectivity index (χ2n) is 3.37. The van der Waals surface area contributed by atoms with Gasteiger partial charge in [-0.3, -0.25) is 10.1 Å². The van der Waals surface area contributed by atoms with E-state index in [1.807, 2.05) is 0 Å². The van der Waals surface area contributed by atoms with Crippen molar-refractivity contribution in [3.8, 4) is 11.6 Å². The minimum absolute atomic E-state index is 0.0664. The fraction of sp³-hybridized carbons (Fsp3) is 0. The minimum atomic E-state index is 0.0664. The molecule has 6 nitrogen and oxygen atoms in total. The van der Waals surface area contributed by atoms with Gasteiger partial charge in [-0.2, -0.15) is 15.1 Å². The van der Waals surface area contributed by atoms with E-state index in [0.717, 1.165) is 0 Å². The van der Waals surface area contributed by atoms with Gasteiger partial charge >= 0.3 is 0 Å². The Balaban J connectivity index is 2.06. The Hall–Kier alpha value is -1.92. The molecule has 0 fully saturated rings. The maximum absolute atomic E-state index is 5.82. The molecule has 0 aliphatic rings. The molecule has 3 aromatic heterocycles. The first-order chi connectivity index (χ1) is 8.72. The largest absolute Gasteiger partial charge is 0.436 e. The van der Waals surface area contributed by atoms with Gasteiger partial charge in [0.15, 0.2) is 5.65 Å². The molecule has 0 saturated heterocycles. The highest BCUT2D eigenvalue weighted by Gasteiger charge is 2.10. The summed E-state index contributed by atoms with van der Waals surface area (Å²) in [4.78, 5) is 11.9. The van der Waals surface area contributed by atoms with Crippen molar-refractivity contribution in [1.82, 2.24) is 25.1 Å². The zero-order valence-electron chi connectivity index (χ0n) is 8.76. The van der Waals surface area contributed by atoms with Crippen LogP contribution in [0, 0.1) is 0 Å². The van der Waals surface area contributed by atoms with Gasteiger partial charge in [-0.25, -0.2) is 0 Å². The predicted octanol–water partition coefficient (Wildman–Crippen LogP) is 2.85. The number of hydrogen-bond donors (Lipinski definition) is 1. The van der Waals surface area contributed by atoms with E-state index < -0.39 is 0 Å². The van der Waals surface area contributed by atoms with Gasteiger partial charge < -0.3 is 4.74 Å². The SMILES string of the molecule is Clc1cncc(Oc2nc(Cl)nc3[nH]ncc23)c1. The molecular weight excluding hydrogens is 277 g/mol.